The van der Waals surface area contributed by atoms with Crippen molar-refractivity contribution in [3.05, 3.63) is 197 Å². The molecular formula is C78H81BN4O. The van der Waals surface area contributed by atoms with Crippen LogP contribution in [0.5, 0.6) is 0 Å². The maximum absolute atomic E-state index is 6.59. The van der Waals surface area contributed by atoms with Crippen molar-refractivity contribution in [1.82, 2.24) is 4.57 Å². The van der Waals surface area contributed by atoms with Gasteiger partial charge in [-0.25, -0.2) is 0 Å². The van der Waals surface area contributed by atoms with Gasteiger partial charge in [0.15, 0.2) is 0 Å². The number of rotatable bonds is 4. The summed E-state index contributed by atoms with van der Waals surface area (Å²) in [6, 6.07) is 63.9. The second kappa shape index (κ2) is 17.8. The molecule has 0 aliphatic carbocycles. The van der Waals surface area contributed by atoms with Crippen molar-refractivity contribution < 1.29 is 4.42 Å². The molecule has 0 fully saturated rings. The van der Waals surface area contributed by atoms with Crippen molar-refractivity contribution in [3.8, 4) is 5.69 Å². The van der Waals surface area contributed by atoms with Gasteiger partial charge >= 0.3 is 0 Å². The van der Waals surface area contributed by atoms with Crippen LogP contribution in [0.25, 0.3) is 49.4 Å². The summed E-state index contributed by atoms with van der Waals surface area (Å²) in [6.07, 6.45) is 0. The molecule has 0 amide bonds. The Hall–Kier alpha value is -7.96. The van der Waals surface area contributed by atoms with Crippen molar-refractivity contribution in [2.24, 2.45) is 0 Å². The lowest BCUT2D eigenvalue weighted by Gasteiger charge is -2.47. The Balaban J connectivity index is 1.12. The molecule has 0 N–H and O–H groups in total. The number of hydrogen-bond acceptors (Lipinski definition) is 4. The number of aromatic nitrogens is 1. The van der Waals surface area contributed by atoms with Crippen LogP contribution in [0, 0.1) is 0 Å². The van der Waals surface area contributed by atoms with E-state index in [1.165, 1.54) is 100 Å². The lowest BCUT2D eigenvalue weighted by molar-refractivity contribution is 0.589. The molecule has 0 spiro atoms. The van der Waals surface area contributed by atoms with Gasteiger partial charge in [-0.2, -0.15) is 0 Å². The van der Waals surface area contributed by atoms with E-state index in [4.69, 9.17) is 4.42 Å². The first-order valence-electron chi connectivity index (χ1n) is 30.6. The molecule has 422 valence electrons. The van der Waals surface area contributed by atoms with Crippen LogP contribution in [0.1, 0.15) is 158 Å². The third-order valence-electron chi connectivity index (χ3n) is 18.8. The smallest absolute Gasteiger partial charge is 0.252 e. The van der Waals surface area contributed by atoms with Crippen LogP contribution in [0.2, 0.25) is 0 Å². The molecule has 0 unspecified atom stereocenters. The van der Waals surface area contributed by atoms with Gasteiger partial charge in [0.1, 0.15) is 11.2 Å². The van der Waals surface area contributed by atoms with Crippen LogP contribution in [-0.2, 0) is 32.5 Å². The highest BCUT2D eigenvalue weighted by Crippen LogP contribution is 2.56. The molecule has 11 aromatic rings. The molecule has 14 rings (SSSR count). The first-order valence-corrected chi connectivity index (χ1v) is 30.6. The molecule has 0 saturated carbocycles. The van der Waals surface area contributed by atoms with Gasteiger partial charge in [0.2, 0.25) is 0 Å². The van der Waals surface area contributed by atoms with E-state index in [-0.39, 0.29) is 39.2 Å². The van der Waals surface area contributed by atoms with Crippen LogP contribution < -0.4 is 31.1 Å². The second-order valence-electron chi connectivity index (χ2n) is 30.9. The molecule has 5 nitrogen and oxygen atoms in total. The average molecular weight is 1100 g/mol. The summed E-state index contributed by atoms with van der Waals surface area (Å²) in [4.78, 5) is 7.81. The highest BCUT2D eigenvalue weighted by molar-refractivity contribution is 7.00. The molecule has 5 heterocycles. The minimum absolute atomic E-state index is 0.00979. The Labute approximate surface area is 499 Å². The molecule has 0 bridgehead atoms. The summed E-state index contributed by atoms with van der Waals surface area (Å²) in [7, 11) is 0. The van der Waals surface area contributed by atoms with E-state index in [0.717, 1.165) is 50.4 Å². The van der Waals surface area contributed by atoms with Crippen LogP contribution in [0.4, 0.5) is 51.2 Å². The van der Waals surface area contributed by atoms with Crippen LogP contribution in [0.15, 0.2) is 168 Å². The highest BCUT2D eigenvalue weighted by Gasteiger charge is 2.48. The summed E-state index contributed by atoms with van der Waals surface area (Å²) in [5.41, 5.74) is 27.4. The third kappa shape index (κ3) is 8.31. The van der Waals surface area contributed by atoms with Gasteiger partial charge in [-0.15, -0.1) is 0 Å². The molecule has 0 saturated heterocycles. The maximum atomic E-state index is 6.59. The zero-order valence-electron chi connectivity index (χ0n) is 52.9. The largest absolute Gasteiger partial charge is 0.456 e. The van der Waals surface area contributed by atoms with Crippen molar-refractivity contribution in [2.75, 3.05) is 14.7 Å². The van der Waals surface area contributed by atoms with Gasteiger partial charge in [-0.3, -0.25) is 0 Å². The normalized spacial score (nSPS) is 14.2. The fourth-order valence-corrected chi connectivity index (χ4v) is 13.8. The Kier molecular flexibility index (Phi) is 11.4. The molecular weight excluding hydrogens is 1020 g/mol. The second-order valence-corrected chi connectivity index (χ2v) is 30.9. The predicted molar refractivity (Wildman–Crippen MR) is 363 cm³/mol. The van der Waals surface area contributed by atoms with Crippen molar-refractivity contribution >= 4 is 118 Å². The molecule has 0 radical (unpaired) electrons. The lowest BCUT2D eigenvalue weighted by Crippen LogP contribution is -2.62. The third-order valence-corrected chi connectivity index (χ3v) is 18.8. The zero-order valence-corrected chi connectivity index (χ0v) is 52.9. The fourth-order valence-electron chi connectivity index (χ4n) is 13.8. The van der Waals surface area contributed by atoms with Gasteiger partial charge in [-0.1, -0.05) is 185 Å². The van der Waals surface area contributed by atoms with Crippen LogP contribution in [0.3, 0.4) is 0 Å². The molecule has 6 heteroatoms. The first kappa shape index (κ1) is 54.0. The van der Waals surface area contributed by atoms with Crippen molar-refractivity contribution in [1.29, 1.82) is 0 Å². The van der Waals surface area contributed by atoms with E-state index in [9.17, 15) is 0 Å². The number of fused-ring (bicyclic) bond motifs is 12. The topological polar surface area (TPSA) is 27.8 Å². The number of benzene rings is 9. The van der Waals surface area contributed by atoms with E-state index in [0.29, 0.717) is 0 Å². The van der Waals surface area contributed by atoms with Gasteiger partial charge in [-0.05, 0) is 185 Å². The monoisotopic (exact) mass is 1100 g/mol. The molecule has 84 heavy (non-hydrogen) atoms. The van der Waals surface area contributed by atoms with Gasteiger partial charge in [0.25, 0.3) is 6.71 Å². The van der Waals surface area contributed by atoms with Gasteiger partial charge in [0, 0.05) is 61.4 Å². The molecule has 2 aromatic heterocycles. The predicted octanol–water partition coefficient (Wildman–Crippen LogP) is 20.3. The quantitative estimate of drug-likeness (QED) is 0.164. The fraction of sp³-hybridized carbons (Fsp3) is 0.308. The summed E-state index contributed by atoms with van der Waals surface area (Å²) < 4.78 is 9.24. The summed E-state index contributed by atoms with van der Waals surface area (Å²) in [5.74, 6) is 0. The van der Waals surface area contributed by atoms with E-state index >= 15 is 0 Å². The molecule has 9 aromatic carbocycles. The Morgan fingerprint density at radius 2 is 0.845 bits per heavy atom. The number of para-hydroxylation sites is 1. The standard InChI is InChI=1S/C78H81BN4O/c1-73(2,3)46-23-28-52(29-24-46)80(53-30-25-47(26-31-53)74(4,5)6)55-32-34-60-63(45-55)81(54-33-36-69-58(44-54)56-21-19-20-22-68(56)84-69)64-40-51(78(16,17)18)41-65-70(64)79(60)61-39-50(77(13,14)15)43-67-72(61)83(65)66-42-49(76(10,11)12)38-59-57-37-48(75(7,8)9)27-35-62(57)82(67)71(59)66/h19-45H,1-18H3. The molecule has 3 aliphatic heterocycles. The Morgan fingerprint density at radius 3 is 1.45 bits per heavy atom. The van der Waals surface area contributed by atoms with Crippen molar-refractivity contribution in [2.45, 2.75) is 157 Å². The van der Waals surface area contributed by atoms with E-state index in [2.05, 4.69) is 308 Å². The SMILES string of the molecule is CC(C)(C)c1ccc(N(c2ccc(C(C)(C)C)cc2)c2ccc3c(c2)N(c2ccc4oc5ccccc5c4c2)c2cc(C(C)(C)C)cc4c2B3c2cc(C(C)(C)C)cc3c2N4c2cc(C(C)(C)C)cc4c5cc(C(C)(C)C)ccc5n-3c24)cc1. The van der Waals surface area contributed by atoms with E-state index in [1.807, 2.05) is 0 Å². The number of anilines is 9. The Morgan fingerprint density at radius 1 is 0.345 bits per heavy atom. The number of nitrogens with zero attached hydrogens (tertiary/aromatic N) is 4. The maximum Gasteiger partial charge on any atom is 0.252 e. The minimum Gasteiger partial charge on any atom is -0.456 e. The van der Waals surface area contributed by atoms with Gasteiger partial charge in [0.05, 0.1) is 28.1 Å². The lowest BCUT2D eigenvalue weighted by atomic mass is 9.33. The van der Waals surface area contributed by atoms with Crippen LogP contribution in [-0.4, -0.2) is 11.3 Å². The zero-order chi connectivity index (χ0) is 59.3. The van der Waals surface area contributed by atoms with Gasteiger partial charge < -0.3 is 23.7 Å². The first-order chi connectivity index (χ1) is 39.4. The Bertz CT molecular complexity index is 4490. The van der Waals surface area contributed by atoms with Crippen molar-refractivity contribution in [3.63, 3.8) is 0 Å². The summed E-state index contributed by atoms with van der Waals surface area (Å²) in [6.45, 7) is 42.1. The van der Waals surface area contributed by atoms with Crippen LogP contribution >= 0.6 is 0 Å². The van der Waals surface area contributed by atoms with E-state index < -0.39 is 0 Å². The average Bonchev–Trinajstić information content (AvgIpc) is 1.17. The number of hydrogen-bond donors (Lipinski definition) is 0. The number of furan rings is 1. The molecule has 0 atom stereocenters. The minimum atomic E-state index is -0.204. The summed E-state index contributed by atoms with van der Waals surface area (Å²) >= 11 is 0. The van der Waals surface area contributed by atoms with E-state index in [1.54, 1.807) is 0 Å². The highest BCUT2D eigenvalue weighted by atomic mass is 16.3. The molecule has 3 aliphatic rings. The summed E-state index contributed by atoms with van der Waals surface area (Å²) in [5, 5.41) is 4.83.